The summed E-state index contributed by atoms with van der Waals surface area (Å²) in [5.41, 5.74) is 0.344. The number of piperidine rings is 1. The molecule has 2 aromatic heterocycles. The average Bonchev–Trinajstić information content (AvgIpc) is 3.23. The van der Waals surface area contributed by atoms with Crippen LogP contribution in [0.4, 0.5) is 13.2 Å². The van der Waals surface area contributed by atoms with E-state index in [0.29, 0.717) is 31.6 Å². The van der Waals surface area contributed by atoms with Crippen LogP contribution in [0.3, 0.4) is 0 Å². The Morgan fingerprint density at radius 3 is 2.88 bits per heavy atom. The molecule has 6 nitrogen and oxygen atoms in total. The van der Waals surface area contributed by atoms with Crippen LogP contribution in [0.2, 0.25) is 0 Å². The first-order valence-electron chi connectivity index (χ1n) is 7.84. The number of hydrogen-bond donors (Lipinski definition) is 2. The Kier molecular flexibility index (Phi) is 4.33. The van der Waals surface area contributed by atoms with Crippen molar-refractivity contribution in [3.05, 3.63) is 35.2 Å². The van der Waals surface area contributed by atoms with Gasteiger partial charge in [-0.25, -0.2) is 4.98 Å². The van der Waals surface area contributed by atoms with Crippen molar-refractivity contribution in [3.63, 3.8) is 0 Å². The first kappa shape index (κ1) is 16.5. The lowest BCUT2D eigenvalue weighted by Gasteiger charge is -2.31. The van der Waals surface area contributed by atoms with Crippen LogP contribution in [0.5, 0.6) is 0 Å². The number of aryl methyl sites for hydroxylation is 1. The molecule has 1 saturated heterocycles. The highest BCUT2D eigenvalue weighted by Crippen LogP contribution is 2.31. The summed E-state index contributed by atoms with van der Waals surface area (Å²) in [6.45, 7) is 2.85. The molecule has 1 atom stereocenters. The fraction of sp³-hybridized carbons (Fsp3) is 0.533. The number of hydrogen-bond acceptors (Lipinski definition) is 3. The van der Waals surface area contributed by atoms with Crippen molar-refractivity contribution in [3.8, 4) is 0 Å². The standard InChI is InChI=1S/C15H18F3N5O/c1-2-10-6-11(22-21-10)14(24)23-5-3-4-9(8-23)13-19-7-12(20-13)15(16,17)18/h6-7,9H,2-5,8H2,1H3,(H,19,20)(H,21,22). The Bertz CT molecular complexity index is 721. The van der Waals surface area contributed by atoms with Crippen molar-refractivity contribution in [2.45, 2.75) is 38.3 Å². The number of halogens is 3. The molecule has 2 N–H and O–H groups in total. The predicted molar refractivity (Wildman–Crippen MR) is 79.4 cm³/mol. The number of likely N-dealkylation sites (tertiary alicyclic amines) is 1. The molecule has 0 saturated carbocycles. The summed E-state index contributed by atoms with van der Waals surface area (Å²) in [6.07, 6.45) is -1.49. The Hall–Kier alpha value is -2.32. The molecule has 1 fully saturated rings. The van der Waals surface area contributed by atoms with E-state index in [4.69, 9.17) is 0 Å². The van der Waals surface area contributed by atoms with Crippen LogP contribution in [-0.4, -0.2) is 44.1 Å². The molecule has 130 valence electrons. The van der Waals surface area contributed by atoms with Gasteiger partial charge < -0.3 is 9.88 Å². The van der Waals surface area contributed by atoms with Gasteiger partial charge in [-0.15, -0.1) is 0 Å². The van der Waals surface area contributed by atoms with Gasteiger partial charge in [0, 0.05) is 24.7 Å². The lowest BCUT2D eigenvalue weighted by atomic mass is 9.97. The van der Waals surface area contributed by atoms with E-state index in [1.807, 2.05) is 6.92 Å². The van der Waals surface area contributed by atoms with E-state index in [-0.39, 0.29) is 17.6 Å². The third kappa shape index (κ3) is 3.29. The molecule has 3 rings (SSSR count). The molecule has 2 aromatic rings. The van der Waals surface area contributed by atoms with E-state index in [1.54, 1.807) is 11.0 Å². The summed E-state index contributed by atoms with van der Waals surface area (Å²) in [7, 11) is 0. The molecule has 1 aliphatic rings. The molecule has 0 bridgehead atoms. The molecule has 1 amide bonds. The zero-order chi connectivity index (χ0) is 17.3. The molecule has 0 aromatic carbocycles. The summed E-state index contributed by atoms with van der Waals surface area (Å²) in [6, 6.07) is 1.71. The van der Waals surface area contributed by atoms with Gasteiger partial charge in [0.15, 0.2) is 0 Å². The minimum absolute atomic E-state index is 0.210. The van der Waals surface area contributed by atoms with Gasteiger partial charge in [0.05, 0.1) is 6.20 Å². The van der Waals surface area contributed by atoms with Crippen LogP contribution < -0.4 is 0 Å². The molecular weight excluding hydrogens is 323 g/mol. The van der Waals surface area contributed by atoms with Crippen LogP contribution in [0.25, 0.3) is 0 Å². The zero-order valence-corrected chi connectivity index (χ0v) is 13.2. The molecule has 0 spiro atoms. The van der Waals surface area contributed by atoms with Crippen molar-refractivity contribution < 1.29 is 18.0 Å². The third-order valence-corrected chi connectivity index (χ3v) is 4.23. The van der Waals surface area contributed by atoms with E-state index in [2.05, 4.69) is 20.2 Å². The number of imidazole rings is 1. The lowest BCUT2D eigenvalue weighted by Crippen LogP contribution is -2.39. The Balaban J connectivity index is 1.72. The number of rotatable bonds is 3. The summed E-state index contributed by atoms with van der Waals surface area (Å²) >= 11 is 0. The number of carbonyl (C=O) groups is 1. The van der Waals surface area contributed by atoms with Crippen molar-refractivity contribution >= 4 is 5.91 Å². The van der Waals surface area contributed by atoms with Gasteiger partial charge in [-0.05, 0) is 25.3 Å². The quantitative estimate of drug-likeness (QED) is 0.901. The van der Waals surface area contributed by atoms with E-state index in [9.17, 15) is 18.0 Å². The zero-order valence-electron chi connectivity index (χ0n) is 13.2. The molecule has 0 aliphatic carbocycles. The maximum atomic E-state index is 12.7. The van der Waals surface area contributed by atoms with Crippen molar-refractivity contribution in [1.82, 2.24) is 25.1 Å². The van der Waals surface area contributed by atoms with Crippen molar-refractivity contribution in [2.24, 2.45) is 0 Å². The highest BCUT2D eigenvalue weighted by Gasteiger charge is 2.35. The van der Waals surface area contributed by atoms with Gasteiger partial charge in [0.2, 0.25) is 0 Å². The van der Waals surface area contributed by atoms with Crippen molar-refractivity contribution in [2.75, 3.05) is 13.1 Å². The second-order valence-corrected chi connectivity index (χ2v) is 5.90. The lowest BCUT2D eigenvalue weighted by molar-refractivity contribution is -0.141. The van der Waals surface area contributed by atoms with E-state index in [1.165, 1.54) is 0 Å². The number of alkyl halides is 3. The van der Waals surface area contributed by atoms with Crippen LogP contribution in [-0.2, 0) is 12.6 Å². The first-order chi connectivity index (χ1) is 11.4. The second kappa shape index (κ2) is 6.29. The number of carbonyl (C=O) groups excluding carboxylic acids is 1. The smallest absolute Gasteiger partial charge is 0.338 e. The van der Waals surface area contributed by atoms with E-state index < -0.39 is 11.9 Å². The van der Waals surface area contributed by atoms with Gasteiger partial charge in [-0.3, -0.25) is 9.89 Å². The van der Waals surface area contributed by atoms with Crippen LogP contribution >= 0.6 is 0 Å². The highest BCUT2D eigenvalue weighted by atomic mass is 19.4. The summed E-state index contributed by atoms with van der Waals surface area (Å²) in [5.74, 6) is -0.169. The summed E-state index contributed by atoms with van der Waals surface area (Å²) in [5, 5.41) is 6.81. The number of aromatic nitrogens is 4. The van der Waals surface area contributed by atoms with Gasteiger partial charge in [-0.1, -0.05) is 6.92 Å². The van der Waals surface area contributed by atoms with Gasteiger partial charge in [-0.2, -0.15) is 18.3 Å². The fourth-order valence-corrected chi connectivity index (χ4v) is 2.89. The van der Waals surface area contributed by atoms with Crippen LogP contribution in [0, 0.1) is 0 Å². The number of nitrogens with one attached hydrogen (secondary N) is 2. The maximum absolute atomic E-state index is 12.7. The Morgan fingerprint density at radius 1 is 1.46 bits per heavy atom. The SMILES string of the molecule is CCc1cc(C(=O)N2CCCC(c3ncc(C(F)(F)F)[nH]3)C2)n[nH]1. The third-order valence-electron chi connectivity index (χ3n) is 4.23. The molecule has 24 heavy (non-hydrogen) atoms. The number of aromatic amines is 2. The van der Waals surface area contributed by atoms with E-state index >= 15 is 0 Å². The molecule has 1 unspecified atom stereocenters. The molecule has 1 aliphatic heterocycles. The Labute approximate surface area is 136 Å². The number of amides is 1. The van der Waals surface area contributed by atoms with Gasteiger partial charge >= 0.3 is 6.18 Å². The molecule has 9 heteroatoms. The Morgan fingerprint density at radius 2 is 2.25 bits per heavy atom. The highest BCUT2D eigenvalue weighted by molar-refractivity contribution is 5.92. The van der Waals surface area contributed by atoms with E-state index in [0.717, 1.165) is 18.3 Å². The first-order valence-corrected chi connectivity index (χ1v) is 7.84. The van der Waals surface area contributed by atoms with Crippen LogP contribution in [0.15, 0.2) is 12.3 Å². The van der Waals surface area contributed by atoms with Gasteiger partial charge in [0.1, 0.15) is 17.2 Å². The molecular formula is C15H18F3N5O. The fourth-order valence-electron chi connectivity index (χ4n) is 2.89. The maximum Gasteiger partial charge on any atom is 0.432 e. The minimum Gasteiger partial charge on any atom is -0.338 e. The van der Waals surface area contributed by atoms with Gasteiger partial charge in [0.25, 0.3) is 5.91 Å². The largest absolute Gasteiger partial charge is 0.432 e. The number of nitrogens with zero attached hydrogens (tertiary/aromatic N) is 3. The monoisotopic (exact) mass is 341 g/mol. The number of H-pyrrole nitrogens is 2. The molecule has 3 heterocycles. The predicted octanol–water partition coefficient (Wildman–Crippen LogP) is 2.73. The average molecular weight is 341 g/mol. The van der Waals surface area contributed by atoms with Crippen molar-refractivity contribution in [1.29, 1.82) is 0 Å². The summed E-state index contributed by atoms with van der Waals surface area (Å²) in [4.78, 5) is 20.3. The molecule has 0 radical (unpaired) electrons. The van der Waals surface area contributed by atoms with Crippen LogP contribution in [0.1, 0.15) is 53.4 Å². The summed E-state index contributed by atoms with van der Waals surface area (Å²) < 4.78 is 38.0. The normalized spacial score (nSPS) is 18.8. The minimum atomic E-state index is -4.44. The second-order valence-electron chi connectivity index (χ2n) is 5.90. The topological polar surface area (TPSA) is 77.7 Å².